The highest BCUT2D eigenvalue weighted by Crippen LogP contribution is 2.46. The van der Waals surface area contributed by atoms with Crippen LogP contribution in [0.4, 0.5) is 0 Å². The Hall–Kier alpha value is -0.510. The first-order valence-corrected chi connectivity index (χ1v) is 8.58. The minimum absolute atomic E-state index is 0.0119. The molecule has 0 bridgehead atoms. The van der Waals surface area contributed by atoms with Crippen molar-refractivity contribution in [1.29, 1.82) is 5.26 Å². The fraction of sp³-hybridized carbons (Fsp3) is 0.944. The zero-order valence-electron chi connectivity index (χ0n) is 13.0. The molecule has 1 nitrogen and oxygen atoms in total. The highest BCUT2D eigenvalue weighted by atomic mass is 14.4. The van der Waals surface area contributed by atoms with Crippen LogP contribution in [0, 0.1) is 34.5 Å². The van der Waals surface area contributed by atoms with Gasteiger partial charge in [0.25, 0.3) is 0 Å². The van der Waals surface area contributed by atoms with Gasteiger partial charge in [0.15, 0.2) is 0 Å². The first-order valence-electron chi connectivity index (χ1n) is 8.58. The number of rotatable bonds is 4. The van der Waals surface area contributed by atoms with Crippen molar-refractivity contribution in [2.45, 2.75) is 84.5 Å². The fourth-order valence-corrected chi connectivity index (χ4v) is 4.48. The summed E-state index contributed by atoms with van der Waals surface area (Å²) in [6, 6.07) is 2.59. The molecule has 1 heteroatoms. The van der Waals surface area contributed by atoms with Crippen LogP contribution in [0.25, 0.3) is 0 Å². The molecule has 2 fully saturated rings. The van der Waals surface area contributed by atoms with E-state index in [2.05, 4.69) is 19.9 Å². The van der Waals surface area contributed by atoms with Gasteiger partial charge in [0.05, 0.1) is 11.5 Å². The van der Waals surface area contributed by atoms with Crippen LogP contribution in [0.1, 0.15) is 84.5 Å². The molecule has 2 rings (SSSR count). The van der Waals surface area contributed by atoms with E-state index in [0.717, 1.165) is 24.2 Å². The minimum atomic E-state index is -0.0119. The van der Waals surface area contributed by atoms with Crippen molar-refractivity contribution in [2.24, 2.45) is 23.2 Å². The highest BCUT2D eigenvalue weighted by Gasteiger charge is 2.36. The summed E-state index contributed by atoms with van der Waals surface area (Å²) >= 11 is 0. The van der Waals surface area contributed by atoms with Crippen molar-refractivity contribution in [3.05, 3.63) is 0 Å². The van der Waals surface area contributed by atoms with Crippen molar-refractivity contribution in [3.8, 4) is 6.07 Å². The second-order valence-corrected chi connectivity index (χ2v) is 7.45. The standard InChI is InChI=1S/C18H31N/c1-3-4-6-15-8-10-16(11-9-15)17-7-5-12-18(2,13-17)14-19/h15-17H,3-13H2,1-2H3. The number of hydrogen-bond acceptors (Lipinski definition) is 1. The van der Waals surface area contributed by atoms with E-state index in [0.29, 0.717) is 0 Å². The van der Waals surface area contributed by atoms with Crippen molar-refractivity contribution in [1.82, 2.24) is 0 Å². The molecule has 0 aromatic heterocycles. The summed E-state index contributed by atoms with van der Waals surface area (Å²) in [6.07, 6.45) is 15.0. The van der Waals surface area contributed by atoms with Crippen molar-refractivity contribution in [2.75, 3.05) is 0 Å². The summed E-state index contributed by atoms with van der Waals surface area (Å²) in [4.78, 5) is 0. The van der Waals surface area contributed by atoms with E-state index in [1.165, 1.54) is 64.2 Å². The van der Waals surface area contributed by atoms with Crippen LogP contribution in [-0.2, 0) is 0 Å². The molecule has 0 aromatic carbocycles. The molecule has 2 aliphatic carbocycles. The van der Waals surface area contributed by atoms with Crippen LogP contribution >= 0.6 is 0 Å². The molecule has 0 aromatic rings. The van der Waals surface area contributed by atoms with E-state index in [9.17, 15) is 5.26 Å². The molecular weight excluding hydrogens is 230 g/mol. The Balaban J connectivity index is 1.79. The predicted molar refractivity (Wildman–Crippen MR) is 80.7 cm³/mol. The zero-order chi connectivity index (χ0) is 13.7. The number of hydrogen-bond donors (Lipinski definition) is 0. The molecule has 0 heterocycles. The molecule has 0 amide bonds. The van der Waals surface area contributed by atoms with Crippen LogP contribution < -0.4 is 0 Å². The van der Waals surface area contributed by atoms with Gasteiger partial charge in [-0.05, 0) is 50.4 Å². The van der Waals surface area contributed by atoms with Crippen LogP contribution in [0.15, 0.2) is 0 Å². The predicted octanol–water partition coefficient (Wildman–Crippen LogP) is 5.70. The zero-order valence-corrected chi connectivity index (χ0v) is 13.0. The first kappa shape index (κ1) is 14.9. The SMILES string of the molecule is CCCCC1CCC(C2CCCC(C)(C#N)C2)CC1. The monoisotopic (exact) mass is 261 g/mol. The van der Waals surface area contributed by atoms with Crippen molar-refractivity contribution >= 4 is 0 Å². The maximum atomic E-state index is 9.36. The summed E-state index contributed by atoms with van der Waals surface area (Å²) in [6.45, 7) is 4.49. The van der Waals surface area contributed by atoms with Gasteiger partial charge >= 0.3 is 0 Å². The summed E-state index contributed by atoms with van der Waals surface area (Å²) in [5.74, 6) is 2.80. The van der Waals surface area contributed by atoms with Gasteiger partial charge in [-0.3, -0.25) is 0 Å². The molecule has 2 atom stereocenters. The maximum absolute atomic E-state index is 9.36. The summed E-state index contributed by atoms with van der Waals surface area (Å²) in [7, 11) is 0. The summed E-state index contributed by atoms with van der Waals surface area (Å²) in [5, 5.41) is 9.36. The van der Waals surface area contributed by atoms with E-state index in [-0.39, 0.29) is 5.41 Å². The third-order valence-corrected chi connectivity index (χ3v) is 5.81. The molecule has 19 heavy (non-hydrogen) atoms. The molecule has 0 aliphatic heterocycles. The Kier molecular flexibility index (Phi) is 5.31. The quantitative estimate of drug-likeness (QED) is 0.636. The van der Waals surface area contributed by atoms with E-state index in [4.69, 9.17) is 0 Å². The van der Waals surface area contributed by atoms with Gasteiger partial charge in [-0.15, -0.1) is 0 Å². The normalized spacial score (nSPS) is 39.7. The van der Waals surface area contributed by atoms with E-state index in [1.807, 2.05) is 0 Å². The third kappa shape index (κ3) is 3.98. The lowest BCUT2D eigenvalue weighted by atomic mass is 9.64. The Morgan fingerprint density at radius 1 is 1.11 bits per heavy atom. The third-order valence-electron chi connectivity index (χ3n) is 5.81. The molecule has 0 saturated heterocycles. The van der Waals surface area contributed by atoms with Crippen LogP contribution in [0.2, 0.25) is 0 Å². The van der Waals surface area contributed by atoms with Crippen molar-refractivity contribution in [3.63, 3.8) is 0 Å². The summed E-state index contributed by atoms with van der Waals surface area (Å²) < 4.78 is 0. The molecule has 0 spiro atoms. The second-order valence-electron chi connectivity index (χ2n) is 7.45. The Labute approximate surface area is 119 Å². The molecule has 108 valence electrons. The van der Waals surface area contributed by atoms with Gasteiger partial charge in [-0.1, -0.05) is 51.9 Å². The van der Waals surface area contributed by atoms with Gasteiger partial charge in [0, 0.05) is 0 Å². The van der Waals surface area contributed by atoms with Gasteiger partial charge in [-0.2, -0.15) is 5.26 Å². The van der Waals surface area contributed by atoms with Gasteiger partial charge < -0.3 is 0 Å². The average molecular weight is 261 g/mol. The van der Waals surface area contributed by atoms with E-state index >= 15 is 0 Å². The lowest BCUT2D eigenvalue weighted by molar-refractivity contribution is 0.117. The van der Waals surface area contributed by atoms with E-state index in [1.54, 1.807) is 0 Å². The summed E-state index contributed by atoms with van der Waals surface area (Å²) in [5.41, 5.74) is -0.0119. The van der Waals surface area contributed by atoms with Gasteiger partial charge in [-0.25, -0.2) is 0 Å². The number of unbranched alkanes of at least 4 members (excludes halogenated alkanes) is 1. The van der Waals surface area contributed by atoms with Gasteiger partial charge in [0.1, 0.15) is 0 Å². The smallest absolute Gasteiger partial charge is 0.0686 e. The Bertz CT molecular complexity index is 308. The van der Waals surface area contributed by atoms with Crippen molar-refractivity contribution < 1.29 is 0 Å². The molecule has 2 aliphatic rings. The minimum Gasteiger partial charge on any atom is -0.198 e. The number of nitriles is 1. The van der Waals surface area contributed by atoms with Crippen LogP contribution in [0.3, 0.4) is 0 Å². The molecular formula is C18H31N. The maximum Gasteiger partial charge on any atom is 0.0686 e. The fourth-order valence-electron chi connectivity index (χ4n) is 4.48. The van der Waals surface area contributed by atoms with E-state index < -0.39 is 0 Å². The highest BCUT2D eigenvalue weighted by molar-refractivity contribution is 5.00. The number of nitrogens with zero attached hydrogens (tertiary/aromatic N) is 1. The second kappa shape index (κ2) is 6.78. The lowest BCUT2D eigenvalue weighted by Crippen LogP contribution is -2.30. The molecule has 0 radical (unpaired) electrons. The first-order chi connectivity index (χ1) is 9.17. The average Bonchev–Trinajstić information content (AvgIpc) is 2.46. The van der Waals surface area contributed by atoms with Crippen LogP contribution in [-0.4, -0.2) is 0 Å². The van der Waals surface area contributed by atoms with Gasteiger partial charge in [0.2, 0.25) is 0 Å². The molecule has 0 N–H and O–H groups in total. The molecule has 2 unspecified atom stereocenters. The Morgan fingerprint density at radius 3 is 2.47 bits per heavy atom. The Morgan fingerprint density at radius 2 is 1.84 bits per heavy atom. The topological polar surface area (TPSA) is 23.8 Å². The lowest BCUT2D eigenvalue weighted by Gasteiger charge is -2.40. The largest absolute Gasteiger partial charge is 0.198 e. The molecule has 2 saturated carbocycles. The van der Waals surface area contributed by atoms with Crippen LogP contribution in [0.5, 0.6) is 0 Å².